The molecular formula is C13H20BrN3O. The lowest BCUT2D eigenvalue weighted by Crippen LogP contribution is -2.39. The van der Waals surface area contributed by atoms with E-state index in [1.54, 1.807) is 0 Å². The molecule has 1 heterocycles. The highest BCUT2D eigenvalue weighted by Crippen LogP contribution is 2.27. The van der Waals surface area contributed by atoms with Crippen LogP contribution in [-0.4, -0.2) is 44.3 Å². The molecule has 4 nitrogen and oxygen atoms in total. The van der Waals surface area contributed by atoms with Crippen molar-refractivity contribution >= 4 is 27.3 Å². The van der Waals surface area contributed by atoms with Crippen LogP contribution in [0, 0.1) is 6.92 Å². The lowest BCUT2D eigenvalue weighted by atomic mass is 10.2. The van der Waals surface area contributed by atoms with Crippen LogP contribution in [0.1, 0.15) is 5.56 Å². The molecule has 1 aliphatic heterocycles. The second-order valence-electron chi connectivity index (χ2n) is 4.57. The quantitative estimate of drug-likeness (QED) is 0.836. The van der Waals surface area contributed by atoms with Gasteiger partial charge in [-0.3, -0.25) is 4.90 Å². The summed E-state index contributed by atoms with van der Waals surface area (Å²) in [5, 5.41) is 3.44. The van der Waals surface area contributed by atoms with Gasteiger partial charge in [-0.25, -0.2) is 0 Å². The molecule has 1 aliphatic rings. The van der Waals surface area contributed by atoms with E-state index in [0.717, 1.165) is 60.8 Å². The van der Waals surface area contributed by atoms with E-state index in [4.69, 9.17) is 10.5 Å². The van der Waals surface area contributed by atoms with Gasteiger partial charge in [0.1, 0.15) is 0 Å². The number of nitrogens with zero attached hydrogens (tertiary/aromatic N) is 1. The summed E-state index contributed by atoms with van der Waals surface area (Å²) in [6.45, 7) is 7.76. The monoisotopic (exact) mass is 313 g/mol. The molecule has 1 aromatic rings. The van der Waals surface area contributed by atoms with Gasteiger partial charge in [-0.2, -0.15) is 0 Å². The average Bonchev–Trinajstić information content (AvgIpc) is 2.37. The predicted octanol–water partition coefficient (Wildman–Crippen LogP) is 2.08. The zero-order valence-corrected chi connectivity index (χ0v) is 12.3. The van der Waals surface area contributed by atoms with Crippen molar-refractivity contribution in [3.63, 3.8) is 0 Å². The fourth-order valence-electron chi connectivity index (χ4n) is 2.01. The first-order chi connectivity index (χ1) is 8.66. The molecule has 0 saturated carbocycles. The Morgan fingerprint density at radius 3 is 2.83 bits per heavy atom. The van der Waals surface area contributed by atoms with E-state index in [0.29, 0.717) is 0 Å². The van der Waals surface area contributed by atoms with Crippen molar-refractivity contribution in [3.8, 4) is 0 Å². The van der Waals surface area contributed by atoms with E-state index in [1.165, 1.54) is 0 Å². The Hall–Kier alpha value is -0.780. The zero-order valence-electron chi connectivity index (χ0n) is 10.7. The molecule has 3 N–H and O–H groups in total. The van der Waals surface area contributed by atoms with Gasteiger partial charge in [-0.15, -0.1) is 0 Å². The highest BCUT2D eigenvalue weighted by atomic mass is 79.9. The van der Waals surface area contributed by atoms with Crippen LogP contribution in [0.4, 0.5) is 11.4 Å². The number of aryl methyl sites for hydroxylation is 1. The van der Waals surface area contributed by atoms with Crippen LogP contribution in [0.3, 0.4) is 0 Å². The summed E-state index contributed by atoms with van der Waals surface area (Å²) in [6.07, 6.45) is 0. The second-order valence-corrected chi connectivity index (χ2v) is 5.42. The Bertz CT molecular complexity index is 405. The van der Waals surface area contributed by atoms with Gasteiger partial charge in [-0.05, 0) is 40.5 Å². The fraction of sp³-hybridized carbons (Fsp3) is 0.538. The molecule has 0 amide bonds. The third-order valence-corrected chi connectivity index (χ3v) is 3.86. The number of benzene rings is 1. The standard InChI is InChI=1S/C13H20BrN3O/c1-10-8-13(11(14)9-12(10)15)16-2-3-17-4-6-18-7-5-17/h8-9,16H,2-7,15H2,1H3. The average molecular weight is 314 g/mol. The van der Waals surface area contributed by atoms with Gasteiger partial charge in [0.2, 0.25) is 0 Å². The van der Waals surface area contributed by atoms with Crippen LogP contribution >= 0.6 is 15.9 Å². The molecule has 5 heteroatoms. The zero-order chi connectivity index (χ0) is 13.0. The van der Waals surface area contributed by atoms with Gasteiger partial charge in [0.15, 0.2) is 0 Å². The normalized spacial score (nSPS) is 16.8. The van der Waals surface area contributed by atoms with E-state index >= 15 is 0 Å². The number of ether oxygens (including phenoxy) is 1. The first-order valence-corrected chi connectivity index (χ1v) is 7.05. The van der Waals surface area contributed by atoms with Gasteiger partial charge >= 0.3 is 0 Å². The Labute approximate surface area is 117 Å². The molecule has 18 heavy (non-hydrogen) atoms. The summed E-state index contributed by atoms with van der Waals surface area (Å²) < 4.78 is 6.35. The van der Waals surface area contributed by atoms with Crippen molar-refractivity contribution in [1.82, 2.24) is 4.90 Å². The number of nitrogens with two attached hydrogens (primary N) is 1. The number of anilines is 2. The third kappa shape index (κ3) is 3.60. The smallest absolute Gasteiger partial charge is 0.0594 e. The summed E-state index contributed by atoms with van der Waals surface area (Å²) in [6, 6.07) is 4.03. The van der Waals surface area contributed by atoms with Crippen molar-refractivity contribution in [3.05, 3.63) is 22.2 Å². The first kappa shape index (κ1) is 13.6. The SMILES string of the molecule is Cc1cc(NCCN2CCOCC2)c(Br)cc1N. The predicted molar refractivity (Wildman–Crippen MR) is 79.0 cm³/mol. The van der Waals surface area contributed by atoms with Crippen molar-refractivity contribution in [2.75, 3.05) is 50.4 Å². The van der Waals surface area contributed by atoms with E-state index in [1.807, 2.05) is 13.0 Å². The maximum Gasteiger partial charge on any atom is 0.0594 e. The molecule has 2 rings (SSSR count). The molecule has 0 spiro atoms. The Balaban J connectivity index is 1.84. The number of nitrogens with one attached hydrogen (secondary N) is 1. The van der Waals surface area contributed by atoms with Crippen LogP contribution < -0.4 is 11.1 Å². The maximum atomic E-state index is 5.86. The number of morpholine rings is 1. The van der Waals surface area contributed by atoms with E-state index in [2.05, 4.69) is 32.2 Å². The Morgan fingerprint density at radius 1 is 1.39 bits per heavy atom. The largest absolute Gasteiger partial charge is 0.398 e. The number of hydrogen-bond acceptors (Lipinski definition) is 4. The van der Waals surface area contributed by atoms with E-state index in [9.17, 15) is 0 Å². The second kappa shape index (κ2) is 6.41. The van der Waals surface area contributed by atoms with Crippen LogP contribution in [-0.2, 0) is 4.74 Å². The number of rotatable bonds is 4. The minimum atomic E-state index is 0.820. The number of halogens is 1. The summed E-state index contributed by atoms with van der Waals surface area (Å²) >= 11 is 3.53. The van der Waals surface area contributed by atoms with Crippen LogP contribution in [0.15, 0.2) is 16.6 Å². The van der Waals surface area contributed by atoms with Crippen LogP contribution in [0.2, 0.25) is 0 Å². The first-order valence-electron chi connectivity index (χ1n) is 6.26. The highest BCUT2D eigenvalue weighted by molar-refractivity contribution is 9.10. The lowest BCUT2D eigenvalue weighted by molar-refractivity contribution is 0.0398. The molecule has 0 aliphatic carbocycles. The minimum absolute atomic E-state index is 0.820. The molecule has 0 aromatic heterocycles. The third-order valence-electron chi connectivity index (χ3n) is 3.20. The number of nitrogen functional groups attached to an aromatic ring is 1. The van der Waals surface area contributed by atoms with E-state index in [-0.39, 0.29) is 0 Å². The lowest BCUT2D eigenvalue weighted by Gasteiger charge is -2.26. The number of hydrogen-bond donors (Lipinski definition) is 2. The molecule has 0 radical (unpaired) electrons. The highest BCUT2D eigenvalue weighted by Gasteiger charge is 2.09. The molecule has 0 bridgehead atoms. The van der Waals surface area contributed by atoms with Crippen molar-refractivity contribution in [2.45, 2.75) is 6.92 Å². The van der Waals surface area contributed by atoms with Crippen molar-refractivity contribution in [2.24, 2.45) is 0 Å². The minimum Gasteiger partial charge on any atom is -0.398 e. The fourth-order valence-corrected chi connectivity index (χ4v) is 2.51. The molecule has 1 fully saturated rings. The summed E-state index contributed by atoms with van der Waals surface area (Å²) in [5.41, 5.74) is 8.89. The molecule has 0 atom stereocenters. The topological polar surface area (TPSA) is 50.5 Å². The molecule has 1 aromatic carbocycles. The molecular weight excluding hydrogens is 294 g/mol. The Kier molecular flexibility index (Phi) is 4.86. The van der Waals surface area contributed by atoms with Gasteiger partial charge in [0.25, 0.3) is 0 Å². The van der Waals surface area contributed by atoms with Crippen molar-refractivity contribution < 1.29 is 4.74 Å². The molecule has 0 unspecified atom stereocenters. The summed E-state index contributed by atoms with van der Waals surface area (Å²) in [4.78, 5) is 2.41. The molecule has 1 saturated heterocycles. The van der Waals surface area contributed by atoms with Crippen LogP contribution in [0.5, 0.6) is 0 Å². The van der Waals surface area contributed by atoms with Crippen LogP contribution in [0.25, 0.3) is 0 Å². The van der Waals surface area contributed by atoms with Gasteiger partial charge in [0.05, 0.1) is 13.2 Å². The van der Waals surface area contributed by atoms with Gasteiger partial charge in [0, 0.05) is 42.0 Å². The maximum absolute atomic E-state index is 5.86. The summed E-state index contributed by atoms with van der Waals surface area (Å²) in [7, 11) is 0. The van der Waals surface area contributed by atoms with Gasteiger partial charge < -0.3 is 15.8 Å². The van der Waals surface area contributed by atoms with Crippen molar-refractivity contribution in [1.29, 1.82) is 0 Å². The summed E-state index contributed by atoms with van der Waals surface area (Å²) in [5.74, 6) is 0. The Morgan fingerprint density at radius 2 is 2.11 bits per heavy atom. The molecule has 100 valence electrons. The van der Waals surface area contributed by atoms with Gasteiger partial charge in [-0.1, -0.05) is 0 Å². The van der Waals surface area contributed by atoms with E-state index < -0.39 is 0 Å².